The number of hydrazone groups is 1. The van der Waals surface area contributed by atoms with Crippen LogP contribution in [0.1, 0.15) is 15.9 Å². The summed E-state index contributed by atoms with van der Waals surface area (Å²) in [5.74, 6) is 4.79. The maximum absolute atomic E-state index is 12.5. The van der Waals surface area contributed by atoms with Crippen molar-refractivity contribution in [2.75, 3.05) is 25.1 Å². The van der Waals surface area contributed by atoms with E-state index in [0.29, 0.717) is 22.8 Å². The number of hydrogen-bond acceptors (Lipinski definition) is 10. The van der Waals surface area contributed by atoms with E-state index in [4.69, 9.17) is 32.9 Å². The van der Waals surface area contributed by atoms with Gasteiger partial charge in [0.15, 0.2) is 5.84 Å². The van der Waals surface area contributed by atoms with Gasteiger partial charge < -0.3 is 21.9 Å². The number of methoxy groups -OCH3 is 1. The van der Waals surface area contributed by atoms with E-state index in [9.17, 15) is 13.2 Å². The predicted molar refractivity (Wildman–Crippen MR) is 117 cm³/mol. The molecule has 0 saturated carbocycles. The molecule has 162 valence electrons. The van der Waals surface area contributed by atoms with Crippen LogP contribution >= 0.6 is 11.8 Å². The monoisotopic (exact) mass is 453 g/mol. The highest BCUT2D eigenvalue weighted by molar-refractivity contribution is 8.00. The number of nitrogen functional groups attached to an aromatic ring is 1. The molecule has 13 heteroatoms. The number of nitrogens with zero attached hydrogens (tertiary/aromatic N) is 1. The normalized spacial score (nSPS) is 11.9. The van der Waals surface area contributed by atoms with E-state index < -0.39 is 16.0 Å². The lowest BCUT2D eigenvalue weighted by Crippen LogP contribution is -2.27. The number of para-hydroxylation sites is 1. The molecule has 0 aliphatic heterocycles. The van der Waals surface area contributed by atoms with Gasteiger partial charge in [-0.2, -0.15) is 0 Å². The van der Waals surface area contributed by atoms with Gasteiger partial charge in [0, 0.05) is 28.3 Å². The molecule has 0 heterocycles. The van der Waals surface area contributed by atoms with Crippen LogP contribution in [0.3, 0.4) is 0 Å². The van der Waals surface area contributed by atoms with Crippen molar-refractivity contribution < 1.29 is 17.9 Å². The van der Waals surface area contributed by atoms with Gasteiger partial charge in [-0.15, -0.1) is 16.9 Å². The van der Waals surface area contributed by atoms with Crippen molar-refractivity contribution in [3.63, 3.8) is 0 Å². The van der Waals surface area contributed by atoms with Crippen molar-refractivity contribution in [1.82, 2.24) is 5.53 Å². The highest BCUT2D eigenvalue weighted by atomic mass is 32.2. The van der Waals surface area contributed by atoms with Crippen LogP contribution in [0.25, 0.3) is 11.1 Å². The lowest BCUT2D eigenvalue weighted by atomic mass is 9.95. The van der Waals surface area contributed by atoms with Crippen molar-refractivity contribution in [3.05, 3.63) is 41.5 Å². The smallest absolute Gasteiger partial charge is 0.339 e. The van der Waals surface area contributed by atoms with E-state index in [-0.39, 0.29) is 33.1 Å². The molecule has 11 N–H and O–H groups in total. The van der Waals surface area contributed by atoms with E-state index in [1.54, 1.807) is 24.3 Å². The third-order valence-corrected chi connectivity index (χ3v) is 6.24. The standard InChI is InChI=1S/C17H23N7O4S2/c1-28-17(25)11-4-2-3-10(14(11)19)9-5-6-12(29-8-7-18)15(30(22,26)27)13(9)16(20)23-24-21/h2-6,24H,7-8,18-19,21H2,1H3,(H2,20,23)(H2,22,26,27). The SMILES string of the molecule is COC(=O)c1cccc(-c2ccc(SCCN)c(S(N)(=O)=O)c2/C(N)=N/NN)c1N. The quantitative estimate of drug-likeness (QED) is 0.0573. The molecule has 0 bridgehead atoms. The molecule has 0 fully saturated rings. The molecule has 0 aromatic heterocycles. The molecule has 0 unspecified atom stereocenters. The van der Waals surface area contributed by atoms with E-state index in [1.807, 2.05) is 5.53 Å². The number of primary sulfonamides is 1. The largest absolute Gasteiger partial charge is 0.465 e. The summed E-state index contributed by atoms with van der Waals surface area (Å²) in [4.78, 5) is 12.1. The molecule has 0 aliphatic rings. The molecule has 0 saturated heterocycles. The second-order valence-corrected chi connectivity index (χ2v) is 8.52. The molecule has 0 amide bonds. The Morgan fingerprint density at radius 2 is 1.93 bits per heavy atom. The lowest BCUT2D eigenvalue weighted by molar-refractivity contribution is 0.0602. The van der Waals surface area contributed by atoms with Crippen molar-refractivity contribution in [1.29, 1.82) is 0 Å². The Morgan fingerprint density at radius 1 is 1.23 bits per heavy atom. The third kappa shape index (κ3) is 4.83. The highest BCUT2D eigenvalue weighted by Gasteiger charge is 2.27. The second kappa shape index (κ2) is 9.77. The lowest BCUT2D eigenvalue weighted by Gasteiger charge is -2.19. The zero-order valence-electron chi connectivity index (χ0n) is 16.1. The zero-order valence-corrected chi connectivity index (χ0v) is 17.7. The Kier molecular flexibility index (Phi) is 7.64. The number of anilines is 1. The van der Waals surface area contributed by atoms with Gasteiger partial charge in [-0.3, -0.25) is 0 Å². The summed E-state index contributed by atoms with van der Waals surface area (Å²) in [6.45, 7) is 0.313. The number of amidine groups is 1. The number of sulfonamides is 1. The maximum Gasteiger partial charge on any atom is 0.339 e. The fraction of sp³-hybridized carbons (Fsp3) is 0.176. The molecule has 11 nitrogen and oxygen atoms in total. The number of thioether (sulfide) groups is 1. The van der Waals surface area contributed by atoms with Crippen LogP contribution in [0.2, 0.25) is 0 Å². The fourth-order valence-electron chi connectivity index (χ4n) is 2.82. The van der Waals surface area contributed by atoms with Crippen LogP contribution in [0.4, 0.5) is 5.69 Å². The number of ether oxygens (including phenoxy) is 1. The third-order valence-electron chi connectivity index (χ3n) is 4.02. The number of rotatable bonds is 8. The van der Waals surface area contributed by atoms with Crippen LogP contribution in [0.5, 0.6) is 0 Å². The molecule has 0 aliphatic carbocycles. The summed E-state index contributed by atoms with van der Waals surface area (Å²) in [6, 6.07) is 7.82. The second-order valence-electron chi connectivity index (χ2n) is 5.88. The first-order valence-electron chi connectivity index (χ1n) is 8.46. The highest BCUT2D eigenvalue weighted by Crippen LogP contribution is 2.38. The molecule has 0 spiro atoms. The number of nitrogens with one attached hydrogen (secondary N) is 1. The van der Waals surface area contributed by atoms with Crippen LogP contribution < -0.4 is 33.7 Å². The molecule has 0 radical (unpaired) electrons. The zero-order chi connectivity index (χ0) is 22.5. The Hall–Kier alpha value is -2.84. The van der Waals surface area contributed by atoms with Gasteiger partial charge in [0.2, 0.25) is 10.0 Å². The minimum absolute atomic E-state index is 0.00816. The Labute approximate surface area is 178 Å². The van der Waals surface area contributed by atoms with Crippen LogP contribution in [0, 0.1) is 0 Å². The first-order chi connectivity index (χ1) is 14.2. The van der Waals surface area contributed by atoms with E-state index in [2.05, 4.69) is 5.10 Å². The van der Waals surface area contributed by atoms with Crippen molar-refractivity contribution >= 4 is 39.3 Å². The molecular formula is C17H23N7O4S2. The minimum Gasteiger partial charge on any atom is -0.465 e. The van der Waals surface area contributed by atoms with Gasteiger partial charge in [0.05, 0.1) is 18.4 Å². The van der Waals surface area contributed by atoms with E-state index >= 15 is 0 Å². The molecule has 2 rings (SSSR count). The van der Waals surface area contributed by atoms with Gasteiger partial charge >= 0.3 is 5.97 Å². The number of benzene rings is 2. The average Bonchev–Trinajstić information content (AvgIpc) is 2.70. The molecule has 2 aromatic rings. The number of nitrogens with two attached hydrogens (primary N) is 5. The summed E-state index contributed by atoms with van der Waals surface area (Å²) in [5.41, 5.74) is 20.6. The summed E-state index contributed by atoms with van der Waals surface area (Å²) in [7, 11) is -3.03. The van der Waals surface area contributed by atoms with Gasteiger partial charge in [-0.05, 0) is 17.7 Å². The van der Waals surface area contributed by atoms with Crippen LogP contribution in [0.15, 0.2) is 45.2 Å². The van der Waals surface area contributed by atoms with Crippen molar-refractivity contribution in [2.24, 2.45) is 27.6 Å². The van der Waals surface area contributed by atoms with Gasteiger partial charge in [0.1, 0.15) is 4.90 Å². The van der Waals surface area contributed by atoms with Crippen LogP contribution in [-0.4, -0.2) is 39.6 Å². The predicted octanol–water partition coefficient (Wildman–Crippen LogP) is -0.496. The molecule has 0 atom stereocenters. The Balaban J connectivity index is 2.94. The number of hydrogen-bond donors (Lipinski definition) is 6. The molecule has 2 aromatic carbocycles. The Morgan fingerprint density at radius 3 is 2.50 bits per heavy atom. The average molecular weight is 454 g/mol. The molecular weight excluding hydrogens is 430 g/mol. The topological polar surface area (TPSA) is 215 Å². The molecule has 30 heavy (non-hydrogen) atoms. The van der Waals surface area contributed by atoms with Gasteiger partial charge in [-0.1, -0.05) is 18.2 Å². The van der Waals surface area contributed by atoms with Gasteiger partial charge in [0.25, 0.3) is 0 Å². The number of esters is 1. The number of carbonyl (C=O) groups is 1. The number of hydrazine groups is 1. The summed E-state index contributed by atoms with van der Waals surface area (Å²) >= 11 is 1.19. The first kappa shape index (κ1) is 23.4. The van der Waals surface area contributed by atoms with E-state index in [1.165, 1.54) is 24.9 Å². The minimum atomic E-state index is -4.26. The fourth-order valence-corrected chi connectivity index (χ4v) is 4.93. The Bertz CT molecular complexity index is 1090. The summed E-state index contributed by atoms with van der Waals surface area (Å²) < 4.78 is 29.7. The van der Waals surface area contributed by atoms with Crippen LogP contribution in [-0.2, 0) is 14.8 Å². The summed E-state index contributed by atoms with van der Waals surface area (Å²) in [6.07, 6.45) is 0. The van der Waals surface area contributed by atoms with Gasteiger partial charge in [-0.25, -0.2) is 29.7 Å². The summed E-state index contributed by atoms with van der Waals surface area (Å²) in [5, 5.41) is 9.22. The van der Waals surface area contributed by atoms with Crippen molar-refractivity contribution in [3.8, 4) is 11.1 Å². The van der Waals surface area contributed by atoms with Crippen molar-refractivity contribution in [2.45, 2.75) is 9.79 Å². The first-order valence-corrected chi connectivity index (χ1v) is 11.0. The number of carbonyl (C=O) groups excluding carboxylic acids is 1. The maximum atomic E-state index is 12.5. The van der Waals surface area contributed by atoms with E-state index in [0.717, 1.165) is 0 Å².